The van der Waals surface area contributed by atoms with Gasteiger partial charge in [0.2, 0.25) is 0 Å². The molecule has 0 amide bonds. The highest BCUT2D eigenvalue weighted by atomic mass is 35.5. The lowest BCUT2D eigenvalue weighted by atomic mass is 10.0. The van der Waals surface area contributed by atoms with Gasteiger partial charge in [-0.25, -0.2) is 0 Å². The van der Waals surface area contributed by atoms with E-state index in [-0.39, 0.29) is 12.1 Å². The first-order valence-electron chi connectivity index (χ1n) is 5.78. The molecule has 90 valence electrons. The third-order valence-electron chi connectivity index (χ3n) is 2.48. The number of halogens is 1. The normalized spacial score (nSPS) is 14.8. The molecule has 0 spiro atoms. The summed E-state index contributed by atoms with van der Waals surface area (Å²) in [4.78, 5) is 0. The molecule has 0 heterocycles. The van der Waals surface area contributed by atoms with Crippen LogP contribution in [0.15, 0.2) is 24.3 Å². The third-order valence-corrected chi connectivity index (χ3v) is 2.83. The zero-order valence-corrected chi connectivity index (χ0v) is 10.7. The average molecular weight is 242 g/mol. The van der Waals surface area contributed by atoms with Crippen LogP contribution in [0, 0.1) is 0 Å². The van der Waals surface area contributed by atoms with Crippen LogP contribution in [0.3, 0.4) is 0 Å². The van der Waals surface area contributed by atoms with E-state index in [1.165, 1.54) is 0 Å². The summed E-state index contributed by atoms with van der Waals surface area (Å²) in [6, 6.07) is 7.66. The zero-order chi connectivity index (χ0) is 12.0. The molecule has 0 bridgehead atoms. The zero-order valence-electron chi connectivity index (χ0n) is 9.95. The fourth-order valence-corrected chi connectivity index (χ4v) is 1.83. The van der Waals surface area contributed by atoms with Gasteiger partial charge in [0.1, 0.15) is 0 Å². The molecule has 3 heteroatoms. The van der Waals surface area contributed by atoms with Gasteiger partial charge in [0.05, 0.1) is 6.10 Å². The van der Waals surface area contributed by atoms with Crippen LogP contribution in [0.2, 0.25) is 5.02 Å². The first-order valence-corrected chi connectivity index (χ1v) is 6.16. The van der Waals surface area contributed by atoms with Crippen LogP contribution >= 0.6 is 11.6 Å². The molecule has 2 atom stereocenters. The second-order valence-electron chi connectivity index (χ2n) is 4.03. The van der Waals surface area contributed by atoms with Crippen molar-refractivity contribution in [3.05, 3.63) is 34.9 Å². The monoisotopic (exact) mass is 241 g/mol. The molecule has 2 unspecified atom stereocenters. The molecule has 0 fully saturated rings. The van der Waals surface area contributed by atoms with Gasteiger partial charge in [-0.1, -0.05) is 43.1 Å². The minimum atomic E-state index is -0.111. The van der Waals surface area contributed by atoms with Gasteiger partial charge < -0.3 is 10.5 Å². The van der Waals surface area contributed by atoms with Crippen LogP contribution in [0.25, 0.3) is 0 Å². The average Bonchev–Trinajstić information content (AvgIpc) is 2.25. The van der Waals surface area contributed by atoms with E-state index >= 15 is 0 Å². The summed E-state index contributed by atoms with van der Waals surface area (Å²) in [7, 11) is 0. The highest BCUT2D eigenvalue weighted by Crippen LogP contribution is 2.27. The predicted octanol–water partition coefficient (Wildman–Crippen LogP) is 3.55. The van der Waals surface area contributed by atoms with Crippen LogP contribution in [0.5, 0.6) is 0 Å². The van der Waals surface area contributed by atoms with Crippen LogP contribution < -0.4 is 5.73 Å². The molecule has 2 nitrogen and oxygen atoms in total. The minimum Gasteiger partial charge on any atom is -0.372 e. The van der Waals surface area contributed by atoms with Crippen molar-refractivity contribution < 1.29 is 4.74 Å². The van der Waals surface area contributed by atoms with Gasteiger partial charge in [0.25, 0.3) is 0 Å². The Balaban J connectivity index is 2.74. The maximum Gasteiger partial charge on any atom is 0.0987 e. The summed E-state index contributed by atoms with van der Waals surface area (Å²) in [6.45, 7) is 4.81. The Hall–Kier alpha value is -0.570. The smallest absolute Gasteiger partial charge is 0.0987 e. The maximum absolute atomic E-state index is 6.14. The molecule has 1 aromatic carbocycles. The number of ether oxygens (including phenoxy) is 1. The first kappa shape index (κ1) is 13.5. The Labute approximate surface area is 103 Å². The van der Waals surface area contributed by atoms with E-state index < -0.39 is 0 Å². The molecular formula is C13H20ClNO. The molecule has 0 saturated heterocycles. The second kappa shape index (κ2) is 6.89. The Morgan fingerprint density at radius 1 is 1.38 bits per heavy atom. The Morgan fingerprint density at radius 2 is 2.06 bits per heavy atom. The first-order chi connectivity index (χ1) is 7.66. The maximum atomic E-state index is 6.14. The topological polar surface area (TPSA) is 35.2 Å². The van der Waals surface area contributed by atoms with Crippen molar-refractivity contribution in [3.63, 3.8) is 0 Å². The molecule has 0 aliphatic heterocycles. The van der Waals surface area contributed by atoms with E-state index in [9.17, 15) is 0 Å². The molecule has 16 heavy (non-hydrogen) atoms. The summed E-state index contributed by atoms with van der Waals surface area (Å²) in [5.74, 6) is 0. The molecule has 2 N–H and O–H groups in total. The number of hydrogen-bond donors (Lipinski definition) is 1. The molecule has 0 aliphatic carbocycles. The minimum absolute atomic E-state index is 0.0586. The number of nitrogens with two attached hydrogens (primary N) is 1. The summed E-state index contributed by atoms with van der Waals surface area (Å²) in [5, 5.41) is 0.723. The van der Waals surface area contributed by atoms with Crippen LogP contribution in [0.4, 0.5) is 0 Å². The highest BCUT2D eigenvalue weighted by molar-refractivity contribution is 6.31. The molecular weight excluding hydrogens is 222 g/mol. The van der Waals surface area contributed by atoms with Gasteiger partial charge in [0.15, 0.2) is 0 Å². The van der Waals surface area contributed by atoms with E-state index in [2.05, 4.69) is 6.92 Å². The van der Waals surface area contributed by atoms with Gasteiger partial charge in [0, 0.05) is 23.2 Å². The van der Waals surface area contributed by atoms with Gasteiger partial charge in [-0.2, -0.15) is 0 Å². The van der Waals surface area contributed by atoms with Crippen molar-refractivity contribution in [2.75, 3.05) is 6.61 Å². The quantitative estimate of drug-likeness (QED) is 0.774. The lowest BCUT2D eigenvalue weighted by Gasteiger charge is -2.22. The number of unbranched alkanes of at least 4 members (excludes halogenated alkanes) is 1. The predicted molar refractivity (Wildman–Crippen MR) is 68.7 cm³/mol. The summed E-state index contributed by atoms with van der Waals surface area (Å²) >= 11 is 6.14. The third kappa shape index (κ3) is 3.78. The number of rotatable bonds is 6. The largest absolute Gasteiger partial charge is 0.372 e. The summed E-state index contributed by atoms with van der Waals surface area (Å²) in [5.41, 5.74) is 6.92. The molecule has 1 rings (SSSR count). The van der Waals surface area contributed by atoms with E-state index in [1.807, 2.05) is 31.2 Å². The van der Waals surface area contributed by atoms with Crippen LogP contribution in [-0.2, 0) is 4.74 Å². The SMILES string of the molecule is CCCCOC(c1ccccc1Cl)C(C)N. The number of benzene rings is 1. The van der Waals surface area contributed by atoms with Crippen molar-refractivity contribution in [2.45, 2.75) is 38.8 Å². The Kier molecular flexibility index (Phi) is 5.81. The molecule has 0 radical (unpaired) electrons. The molecule has 0 aliphatic rings. The van der Waals surface area contributed by atoms with E-state index in [1.54, 1.807) is 0 Å². The number of hydrogen-bond acceptors (Lipinski definition) is 2. The van der Waals surface area contributed by atoms with Gasteiger partial charge in [-0.15, -0.1) is 0 Å². The van der Waals surface area contributed by atoms with Gasteiger partial charge in [-0.05, 0) is 19.4 Å². The fraction of sp³-hybridized carbons (Fsp3) is 0.538. The lowest BCUT2D eigenvalue weighted by molar-refractivity contribution is 0.0366. The standard InChI is InChI=1S/C13H20ClNO/c1-3-4-9-16-13(10(2)15)11-7-5-6-8-12(11)14/h5-8,10,13H,3-4,9,15H2,1-2H3. The van der Waals surface area contributed by atoms with E-state index in [4.69, 9.17) is 22.1 Å². The van der Waals surface area contributed by atoms with E-state index in [0.29, 0.717) is 0 Å². The lowest BCUT2D eigenvalue weighted by Crippen LogP contribution is -2.27. The van der Waals surface area contributed by atoms with Gasteiger partial charge in [-0.3, -0.25) is 0 Å². The van der Waals surface area contributed by atoms with Crippen molar-refractivity contribution in [1.29, 1.82) is 0 Å². The van der Waals surface area contributed by atoms with Crippen molar-refractivity contribution >= 4 is 11.6 Å². The van der Waals surface area contributed by atoms with Gasteiger partial charge >= 0.3 is 0 Å². The highest BCUT2D eigenvalue weighted by Gasteiger charge is 2.18. The summed E-state index contributed by atoms with van der Waals surface area (Å²) in [6.07, 6.45) is 2.06. The summed E-state index contributed by atoms with van der Waals surface area (Å²) < 4.78 is 5.80. The Morgan fingerprint density at radius 3 is 2.62 bits per heavy atom. The molecule has 1 aromatic rings. The Bertz CT molecular complexity index is 315. The van der Waals surface area contributed by atoms with Crippen molar-refractivity contribution in [3.8, 4) is 0 Å². The fourth-order valence-electron chi connectivity index (χ4n) is 1.59. The second-order valence-corrected chi connectivity index (χ2v) is 4.43. The van der Waals surface area contributed by atoms with Crippen LogP contribution in [0.1, 0.15) is 38.4 Å². The van der Waals surface area contributed by atoms with E-state index in [0.717, 1.165) is 30.0 Å². The molecule has 0 saturated carbocycles. The van der Waals surface area contributed by atoms with Crippen molar-refractivity contribution in [1.82, 2.24) is 0 Å². The molecule has 0 aromatic heterocycles. The van der Waals surface area contributed by atoms with Crippen LogP contribution in [-0.4, -0.2) is 12.6 Å². The van der Waals surface area contributed by atoms with Crippen molar-refractivity contribution in [2.24, 2.45) is 5.73 Å².